The summed E-state index contributed by atoms with van der Waals surface area (Å²) in [6.07, 6.45) is 2.99. The summed E-state index contributed by atoms with van der Waals surface area (Å²) in [6.45, 7) is 2.59. The predicted octanol–water partition coefficient (Wildman–Crippen LogP) is 4.28. The molecule has 0 radical (unpaired) electrons. The smallest absolute Gasteiger partial charge is 0.238 e. The molecule has 5 nitrogen and oxygen atoms in total. The monoisotopic (exact) mass is 386 g/mol. The maximum Gasteiger partial charge on any atom is 0.238 e. The first-order valence-electron chi connectivity index (χ1n) is 9.39. The first kappa shape index (κ1) is 18.1. The SMILES string of the molecule is O=C(CN1CCCC1c1ccc2c(c1)OCCCO2)Nc1ccccc1Cl. The molecule has 1 amide bonds. The van der Waals surface area contributed by atoms with Gasteiger partial charge in [0, 0.05) is 12.5 Å². The third kappa shape index (κ3) is 4.20. The van der Waals surface area contributed by atoms with Crippen molar-refractivity contribution in [1.29, 1.82) is 0 Å². The van der Waals surface area contributed by atoms with Gasteiger partial charge in [-0.3, -0.25) is 9.69 Å². The highest BCUT2D eigenvalue weighted by molar-refractivity contribution is 6.33. The molecule has 0 spiro atoms. The largest absolute Gasteiger partial charge is 0.490 e. The number of nitrogens with one attached hydrogen (secondary N) is 1. The summed E-state index contributed by atoms with van der Waals surface area (Å²) in [6, 6.07) is 13.6. The van der Waals surface area contributed by atoms with Crippen molar-refractivity contribution in [3.63, 3.8) is 0 Å². The molecule has 4 rings (SSSR count). The Hall–Kier alpha value is -2.24. The van der Waals surface area contributed by atoms with Crippen LogP contribution in [0.1, 0.15) is 30.9 Å². The van der Waals surface area contributed by atoms with E-state index >= 15 is 0 Å². The van der Waals surface area contributed by atoms with Crippen LogP contribution in [0.25, 0.3) is 0 Å². The van der Waals surface area contributed by atoms with Gasteiger partial charge in [0.1, 0.15) is 0 Å². The van der Waals surface area contributed by atoms with E-state index in [1.807, 2.05) is 24.3 Å². The normalized spacial score (nSPS) is 19.5. The summed E-state index contributed by atoms with van der Waals surface area (Å²) in [5.74, 6) is 1.55. The van der Waals surface area contributed by atoms with E-state index in [1.165, 1.54) is 5.56 Å². The number of nitrogens with zero attached hydrogens (tertiary/aromatic N) is 1. The minimum absolute atomic E-state index is 0.0515. The van der Waals surface area contributed by atoms with E-state index in [2.05, 4.69) is 22.3 Å². The Morgan fingerprint density at radius 1 is 1.11 bits per heavy atom. The molecule has 2 heterocycles. The number of halogens is 1. The molecule has 2 aromatic rings. The lowest BCUT2D eigenvalue weighted by molar-refractivity contribution is -0.117. The van der Waals surface area contributed by atoms with E-state index in [0.29, 0.717) is 30.5 Å². The van der Waals surface area contributed by atoms with Gasteiger partial charge in [0.05, 0.1) is 30.5 Å². The van der Waals surface area contributed by atoms with Gasteiger partial charge in [-0.25, -0.2) is 0 Å². The van der Waals surface area contributed by atoms with Crippen molar-refractivity contribution in [2.75, 3.05) is 31.6 Å². The fraction of sp³-hybridized carbons (Fsp3) is 0.381. The number of carbonyl (C=O) groups is 1. The van der Waals surface area contributed by atoms with Crippen molar-refractivity contribution in [2.24, 2.45) is 0 Å². The Bertz CT molecular complexity index is 827. The quantitative estimate of drug-likeness (QED) is 0.852. The Labute approximate surface area is 164 Å². The van der Waals surface area contributed by atoms with E-state index in [-0.39, 0.29) is 11.9 Å². The van der Waals surface area contributed by atoms with Gasteiger partial charge < -0.3 is 14.8 Å². The molecule has 2 aliphatic rings. The van der Waals surface area contributed by atoms with Crippen LogP contribution in [0, 0.1) is 0 Å². The van der Waals surface area contributed by atoms with Gasteiger partial charge in [-0.05, 0) is 49.2 Å². The Morgan fingerprint density at radius 3 is 2.78 bits per heavy atom. The summed E-state index contributed by atoms with van der Waals surface area (Å²) in [7, 11) is 0. The molecule has 1 unspecified atom stereocenters. The van der Waals surface area contributed by atoms with Crippen molar-refractivity contribution in [3.8, 4) is 11.5 Å². The molecule has 6 heteroatoms. The number of rotatable bonds is 4. The summed E-state index contributed by atoms with van der Waals surface area (Å²) in [4.78, 5) is 14.7. The zero-order valence-corrected chi connectivity index (χ0v) is 15.9. The summed E-state index contributed by atoms with van der Waals surface area (Å²) in [5.41, 5.74) is 1.82. The van der Waals surface area contributed by atoms with E-state index in [0.717, 1.165) is 37.3 Å². The third-order valence-corrected chi connectivity index (χ3v) is 5.34. The number of ether oxygens (including phenoxy) is 2. The first-order valence-corrected chi connectivity index (χ1v) is 9.76. The minimum Gasteiger partial charge on any atom is -0.490 e. The zero-order valence-electron chi connectivity index (χ0n) is 15.1. The molecule has 2 aromatic carbocycles. The second kappa shape index (κ2) is 8.19. The van der Waals surface area contributed by atoms with Gasteiger partial charge in [0.2, 0.25) is 5.91 Å². The number of amides is 1. The van der Waals surface area contributed by atoms with E-state index in [9.17, 15) is 4.79 Å². The number of para-hydroxylation sites is 1. The molecule has 2 aliphatic heterocycles. The number of fused-ring (bicyclic) bond motifs is 1. The van der Waals surface area contributed by atoms with Crippen LogP contribution in [0.2, 0.25) is 5.02 Å². The molecule has 0 bridgehead atoms. The van der Waals surface area contributed by atoms with Crippen LogP contribution in [-0.4, -0.2) is 37.1 Å². The van der Waals surface area contributed by atoms with Gasteiger partial charge in [0.15, 0.2) is 11.5 Å². The molecule has 1 N–H and O–H groups in total. The van der Waals surface area contributed by atoms with Gasteiger partial charge in [-0.2, -0.15) is 0 Å². The number of benzene rings is 2. The molecule has 142 valence electrons. The Morgan fingerprint density at radius 2 is 1.93 bits per heavy atom. The highest BCUT2D eigenvalue weighted by Crippen LogP contribution is 2.37. The van der Waals surface area contributed by atoms with Crippen molar-refractivity contribution in [2.45, 2.75) is 25.3 Å². The van der Waals surface area contributed by atoms with Gasteiger partial charge >= 0.3 is 0 Å². The van der Waals surface area contributed by atoms with Crippen molar-refractivity contribution >= 4 is 23.2 Å². The summed E-state index contributed by atoms with van der Waals surface area (Å²) in [5, 5.41) is 3.46. The number of hydrogen-bond acceptors (Lipinski definition) is 4. The fourth-order valence-corrected chi connectivity index (χ4v) is 3.90. The van der Waals surface area contributed by atoms with Crippen molar-refractivity contribution < 1.29 is 14.3 Å². The molecule has 0 aliphatic carbocycles. The number of carbonyl (C=O) groups excluding carboxylic acids is 1. The standard InChI is InChI=1S/C21H23ClN2O3/c22-16-5-1-2-6-17(16)23-21(25)14-24-10-3-7-18(24)15-8-9-19-20(13-15)27-12-4-11-26-19/h1-2,5-6,8-9,13,18H,3-4,7,10-12,14H2,(H,23,25). The topological polar surface area (TPSA) is 50.8 Å². The lowest BCUT2D eigenvalue weighted by Crippen LogP contribution is -2.33. The first-order chi connectivity index (χ1) is 13.2. The predicted molar refractivity (Wildman–Crippen MR) is 106 cm³/mol. The third-order valence-electron chi connectivity index (χ3n) is 5.01. The van der Waals surface area contributed by atoms with E-state index < -0.39 is 0 Å². The van der Waals surface area contributed by atoms with Gasteiger partial charge in [-0.1, -0.05) is 29.8 Å². The maximum absolute atomic E-state index is 12.5. The summed E-state index contributed by atoms with van der Waals surface area (Å²) >= 11 is 6.14. The molecule has 1 atom stereocenters. The van der Waals surface area contributed by atoms with Crippen molar-refractivity contribution in [1.82, 2.24) is 4.90 Å². The van der Waals surface area contributed by atoms with Crippen molar-refractivity contribution in [3.05, 3.63) is 53.1 Å². The maximum atomic E-state index is 12.5. The molecular weight excluding hydrogens is 364 g/mol. The number of likely N-dealkylation sites (tertiary alicyclic amines) is 1. The fourth-order valence-electron chi connectivity index (χ4n) is 3.72. The van der Waals surface area contributed by atoms with E-state index in [4.69, 9.17) is 21.1 Å². The lowest BCUT2D eigenvalue weighted by atomic mass is 10.0. The van der Waals surface area contributed by atoms with Crippen LogP contribution >= 0.6 is 11.6 Å². The Balaban J connectivity index is 1.45. The highest BCUT2D eigenvalue weighted by Gasteiger charge is 2.28. The molecule has 1 fully saturated rings. The van der Waals surface area contributed by atoms with Crippen LogP contribution in [0.15, 0.2) is 42.5 Å². The van der Waals surface area contributed by atoms with Crippen LogP contribution in [0.3, 0.4) is 0 Å². The number of hydrogen-bond donors (Lipinski definition) is 1. The van der Waals surface area contributed by atoms with Gasteiger partial charge in [0.25, 0.3) is 0 Å². The summed E-state index contributed by atoms with van der Waals surface area (Å²) < 4.78 is 11.5. The molecule has 0 aromatic heterocycles. The van der Waals surface area contributed by atoms with Crippen LogP contribution in [0.5, 0.6) is 11.5 Å². The van der Waals surface area contributed by atoms with Gasteiger partial charge in [-0.15, -0.1) is 0 Å². The average molecular weight is 387 g/mol. The Kier molecular flexibility index (Phi) is 5.50. The molecule has 27 heavy (non-hydrogen) atoms. The molecular formula is C21H23ClN2O3. The second-order valence-electron chi connectivity index (χ2n) is 6.91. The van der Waals surface area contributed by atoms with Crippen LogP contribution < -0.4 is 14.8 Å². The van der Waals surface area contributed by atoms with Crippen LogP contribution in [0.4, 0.5) is 5.69 Å². The second-order valence-corrected chi connectivity index (χ2v) is 7.32. The lowest BCUT2D eigenvalue weighted by Gasteiger charge is -2.25. The van der Waals surface area contributed by atoms with Crippen LogP contribution in [-0.2, 0) is 4.79 Å². The number of anilines is 1. The average Bonchev–Trinajstić information content (AvgIpc) is 2.99. The highest BCUT2D eigenvalue weighted by atomic mass is 35.5. The minimum atomic E-state index is -0.0515. The zero-order chi connectivity index (χ0) is 18.6. The van der Waals surface area contributed by atoms with E-state index in [1.54, 1.807) is 6.07 Å². The molecule has 0 saturated carbocycles. The molecule has 1 saturated heterocycles.